The van der Waals surface area contributed by atoms with Crippen molar-refractivity contribution in [2.75, 3.05) is 0 Å². The van der Waals surface area contributed by atoms with Gasteiger partial charge in [-0.2, -0.15) is 0 Å². The van der Waals surface area contributed by atoms with Gasteiger partial charge >= 0.3 is 0 Å². The molecule has 0 spiro atoms. The quantitative estimate of drug-likeness (QED) is 0.646. The minimum absolute atomic E-state index is 0.121. The minimum atomic E-state index is -0.352. The van der Waals surface area contributed by atoms with E-state index in [0.29, 0.717) is 24.3 Å². The van der Waals surface area contributed by atoms with E-state index in [2.05, 4.69) is 5.32 Å². The van der Waals surface area contributed by atoms with Gasteiger partial charge in [0.1, 0.15) is 23.7 Å². The zero-order valence-electron chi connectivity index (χ0n) is 16.7. The number of benzene rings is 3. The Hall–Kier alpha value is -3.27. The molecule has 0 saturated carbocycles. The van der Waals surface area contributed by atoms with Crippen molar-refractivity contribution in [1.82, 2.24) is 5.32 Å². The highest BCUT2D eigenvalue weighted by Gasteiger charge is 2.34. The smallest absolute Gasteiger partial charge is 0.255 e. The summed E-state index contributed by atoms with van der Waals surface area (Å²) in [6, 6.07) is 25.0. The van der Waals surface area contributed by atoms with Crippen LogP contribution in [0.1, 0.15) is 47.8 Å². The van der Waals surface area contributed by atoms with E-state index >= 15 is 0 Å². The molecule has 0 aromatic heterocycles. The number of rotatable bonds is 5. The molecule has 3 aromatic rings. The molecule has 4 heteroatoms. The predicted octanol–water partition coefficient (Wildman–Crippen LogP) is 5.30. The van der Waals surface area contributed by atoms with Gasteiger partial charge in [0, 0.05) is 12.0 Å². The van der Waals surface area contributed by atoms with Gasteiger partial charge in [0.05, 0.1) is 11.6 Å². The van der Waals surface area contributed by atoms with Gasteiger partial charge in [0.2, 0.25) is 0 Å². The van der Waals surface area contributed by atoms with Gasteiger partial charge in [-0.05, 0) is 37.6 Å². The van der Waals surface area contributed by atoms with Crippen molar-refractivity contribution in [3.8, 4) is 11.5 Å². The third kappa shape index (κ3) is 4.43. The van der Waals surface area contributed by atoms with Crippen molar-refractivity contribution in [2.24, 2.45) is 0 Å². The highest BCUT2D eigenvalue weighted by Crippen LogP contribution is 2.39. The summed E-state index contributed by atoms with van der Waals surface area (Å²) in [5.41, 5.74) is 2.24. The molecule has 0 radical (unpaired) electrons. The Labute approximate surface area is 171 Å². The molecule has 0 fully saturated rings. The maximum atomic E-state index is 13.1. The van der Waals surface area contributed by atoms with Crippen LogP contribution in [0.4, 0.5) is 0 Å². The highest BCUT2D eigenvalue weighted by atomic mass is 16.5. The molecule has 1 amide bonds. The van der Waals surface area contributed by atoms with Crippen molar-refractivity contribution in [1.29, 1.82) is 0 Å². The number of carbonyl (C=O) groups is 1. The normalized spacial score (nSPS) is 17.0. The van der Waals surface area contributed by atoms with E-state index in [1.165, 1.54) is 0 Å². The van der Waals surface area contributed by atoms with Crippen LogP contribution in [-0.2, 0) is 6.61 Å². The van der Waals surface area contributed by atoms with Crippen LogP contribution in [0.25, 0.3) is 0 Å². The summed E-state index contributed by atoms with van der Waals surface area (Å²) in [5.74, 6) is 1.25. The zero-order chi connectivity index (χ0) is 20.3. The van der Waals surface area contributed by atoms with Crippen molar-refractivity contribution < 1.29 is 14.3 Å². The summed E-state index contributed by atoms with van der Waals surface area (Å²) in [6.45, 7) is 4.50. The lowest BCUT2D eigenvalue weighted by Gasteiger charge is -2.37. The maximum Gasteiger partial charge on any atom is 0.255 e. The molecule has 4 nitrogen and oxygen atoms in total. The van der Waals surface area contributed by atoms with Crippen LogP contribution in [-0.4, -0.2) is 11.5 Å². The summed E-state index contributed by atoms with van der Waals surface area (Å²) in [6.07, 6.45) is 0.697. The molecule has 1 heterocycles. The Kier molecular flexibility index (Phi) is 5.26. The minimum Gasteiger partial charge on any atom is -0.488 e. The Morgan fingerprint density at radius 1 is 1.00 bits per heavy atom. The first kappa shape index (κ1) is 19.1. The fourth-order valence-corrected chi connectivity index (χ4v) is 3.68. The molecule has 1 N–H and O–H groups in total. The molecule has 3 aromatic carbocycles. The van der Waals surface area contributed by atoms with Crippen LogP contribution < -0.4 is 14.8 Å². The molecule has 148 valence electrons. The third-order valence-electron chi connectivity index (χ3n) is 5.05. The highest BCUT2D eigenvalue weighted by molar-refractivity contribution is 5.97. The van der Waals surface area contributed by atoms with E-state index in [4.69, 9.17) is 9.47 Å². The molecule has 0 saturated heterocycles. The first-order chi connectivity index (χ1) is 14.0. The molecule has 4 rings (SSSR count). The van der Waals surface area contributed by atoms with Crippen LogP contribution in [0, 0.1) is 0 Å². The molecule has 1 aliphatic rings. The van der Waals surface area contributed by atoms with E-state index < -0.39 is 0 Å². The molecular weight excluding hydrogens is 362 g/mol. The van der Waals surface area contributed by atoms with Crippen LogP contribution in [0.3, 0.4) is 0 Å². The number of amides is 1. The Morgan fingerprint density at radius 3 is 2.52 bits per heavy atom. The number of para-hydroxylation sites is 2. The van der Waals surface area contributed by atoms with E-state index in [-0.39, 0.29) is 17.6 Å². The van der Waals surface area contributed by atoms with Gasteiger partial charge in [0.25, 0.3) is 5.91 Å². The topological polar surface area (TPSA) is 47.6 Å². The average molecular weight is 387 g/mol. The number of carbonyl (C=O) groups excluding carboxylic acids is 1. The Bertz CT molecular complexity index is 998. The Morgan fingerprint density at radius 2 is 1.69 bits per heavy atom. The van der Waals surface area contributed by atoms with Crippen LogP contribution in [0.15, 0.2) is 78.9 Å². The van der Waals surface area contributed by atoms with E-state index in [0.717, 1.165) is 16.9 Å². The maximum absolute atomic E-state index is 13.1. The molecule has 29 heavy (non-hydrogen) atoms. The van der Waals surface area contributed by atoms with Gasteiger partial charge in [-0.15, -0.1) is 0 Å². The molecule has 0 aliphatic carbocycles. The number of ether oxygens (including phenoxy) is 2. The van der Waals surface area contributed by atoms with Crippen molar-refractivity contribution >= 4 is 5.91 Å². The zero-order valence-corrected chi connectivity index (χ0v) is 16.7. The SMILES string of the molecule is CC1(C)C[C@@H](NC(=O)c2ccccc2OCc2ccccc2)c2ccccc2O1. The number of hydrogen-bond acceptors (Lipinski definition) is 3. The summed E-state index contributed by atoms with van der Waals surface area (Å²) < 4.78 is 12.0. The molecule has 0 bridgehead atoms. The Balaban J connectivity index is 1.53. The number of hydrogen-bond donors (Lipinski definition) is 1. The lowest BCUT2D eigenvalue weighted by Crippen LogP contribution is -2.41. The largest absolute Gasteiger partial charge is 0.488 e. The summed E-state index contributed by atoms with van der Waals surface area (Å²) in [7, 11) is 0. The van der Waals surface area contributed by atoms with Gasteiger partial charge in [-0.1, -0.05) is 60.7 Å². The molecular formula is C25H25NO3. The number of nitrogens with one attached hydrogen (secondary N) is 1. The monoisotopic (exact) mass is 387 g/mol. The van der Waals surface area contributed by atoms with Gasteiger partial charge in [-0.3, -0.25) is 4.79 Å². The number of fused-ring (bicyclic) bond motifs is 1. The molecule has 1 atom stereocenters. The second-order valence-corrected chi connectivity index (χ2v) is 7.90. The van der Waals surface area contributed by atoms with Crippen LogP contribution >= 0.6 is 0 Å². The van der Waals surface area contributed by atoms with E-state index in [1.807, 2.05) is 86.6 Å². The summed E-state index contributed by atoms with van der Waals surface area (Å²) in [4.78, 5) is 13.1. The predicted molar refractivity (Wildman–Crippen MR) is 113 cm³/mol. The standard InChI is InChI=1S/C25H25NO3/c1-25(2)16-21(19-12-6-9-15-23(19)29-25)26-24(27)20-13-7-8-14-22(20)28-17-18-10-4-3-5-11-18/h3-15,21H,16-17H2,1-2H3,(H,26,27)/t21-/m1/s1. The van der Waals surface area contributed by atoms with Gasteiger partial charge in [0.15, 0.2) is 0 Å². The fraction of sp³-hybridized carbons (Fsp3) is 0.240. The van der Waals surface area contributed by atoms with Crippen molar-refractivity contribution in [3.05, 3.63) is 95.6 Å². The first-order valence-electron chi connectivity index (χ1n) is 9.86. The molecule has 1 aliphatic heterocycles. The van der Waals surface area contributed by atoms with Gasteiger partial charge < -0.3 is 14.8 Å². The van der Waals surface area contributed by atoms with Crippen molar-refractivity contribution in [2.45, 2.75) is 38.5 Å². The van der Waals surface area contributed by atoms with Gasteiger partial charge in [-0.25, -0.2) is 0 Å². The van der Waals surface area contributed by atoms with E-state index in [1.54, 1.807) is 6.07 Å². The lowest BCUT2D eigenvalue weighted by molar-refractivity contribution is 0.0618. The average Bonchev–Trinajstić information content (AvgIpc) is 2.72. The van der Waals surface area contributed by atoms with Crippen LogP contribution in [0.5, 0.6) is 11.5 Å². The summed E-state index contributed by atoms with van der Waals surface area (Å²) in [5, 5.41) is 3.19. The fourth-order valence-electron chi connectivity index (χ4n) is 3.68. The third-order valence-corrected chi connectivity index (χ3v) is 5.05. The lowest BCUT2D eigenvalue weighted by atomic mass is 9.89. The van der Waals surface area contributed by atoms with Crippen LogP contribution in [0.2, 0.25) is 0 Å². The first-order valence-corrected chi connectivity index (χ1v) is 9.86. The second-order valence-electron chi connectivity index (χ2n) is 7.90. The van der Waals surface area contributed by atoms with E-state index in [9.17, 15) is 4.79 Å². The van der Waals surface area contributed by atoms with Crippen molar-refractivity contribution in [3.63, 3.8) is 0 Å². The summed E-state index contributed by atoms with van der Waals surface area (Å²) >= 11 is 0. The molecule has 0 unspecified atom stereocenters. The second kappa shape index (κ2) is 8.00.